The molecule has 0 radical (unpaired) electrons. The van der Waals surface area contributed by atoms with E-state index in [0.29, 0.717) is 35.8 Å². The Morgan fingerprint density at radius 1 is 0.247 bits per heavy atom. The molecule has 0 aromatic heterocycles. The largest absolute Gasteiger partial charge is 0.0629 e. The van der Waals surface area contributed by atoms with Gasteiger partial charge in [0.15, 0.2) is 0 Å². The predicted molar refractivity (Wildman–Crippen MR) is 349 cm³/mol. The van der Waals surface area contributed by atoms with Crippen molar-refractivity contribution in [1.29, 1.82) is 0 Å². The Morgan fingerprint density at radius 3 is 1.08 bits per heavy atom. The van der Waals surface area contributed by atoms with E-state index in [1.165, 1.54) is 50.1 Å². The second kappa shape index (κ2) is 30.1. The third kappa shape index (κ3) is 28.7. The molecule has 0 saturated carbocycles. The monoisotopic (exact) mass is 1040 g/mol. The van der Waals surface area contributed by atoms with Crippen molar-refractivity contribution < 1.29 is 9.60 Å². The summed E-state index contributed by atoms with van der Waals surface area (Å²) < 4.78 is 53.4. The zero-order chi connectivity index (χ0) is 65.5. The van der Waals surface area contributed by atoms with Crippen LogP contribution in [0.3, 0.4) is 0 Å². The standard InChI is InChI=1S/7C11H16/c2*1-9-5-7-10(8-6-9)11(2,3)4;4*1-9-6-5-7-10(8-9)11(2,3)4;1-9-7-5-6-8-10(9)11(2,3)4/h7*5-8H,1-4H3/i7D;;5D,6D,8D;6D;5D;;6D. The van der Waals surface area contributed by atoms with Crippen molar-refractivity contribution >= 4 is 0 Å². The van der Waals surface area contributed by atoms with Gasteiger partial charge in [0.2, 0.25) is 0 Å². The highest BCUT2D eigenvalue weighted by molar-refractivity contribution is 5.33. The fourth-order valence-electron chi connectivity index (χ4n) is 7.42. The average molecular weight is 1040 g/mol. The van der Waals surface area contributed by atoms with Crippen LogP contribution < -0.4 is 0 Å². The minimum Gasteiger partial charge on any atom is -0.0620 e. The lowest BCUT2D eigenvalue weighted by atomic mass is 9.84. The van der Waals surface area contributed by atoms with Crippen molar-refractivity contribution in [3.63, 3.8) is 0 Å². The zero-order valence-electron chi connectivity index (χ0n) is 61.1. The Hall–Kier alpha value is -5.46. The van der Waals surface area contributed by atoms with Crippen molar-refractivity contribution in [1.82, 2.24) is 0 Å². The van der Waals surface area contributed by atoms with Gasteiger partial charge in [0.1, 0.15) is 0 Å². The predicted octanol–water partition coefficient (Wildman–Crippen LogP) is 23.0. The van der Waals surface area contributed by atoms with Crippen LogP contribution in [0.1, 0.15) is 233 Å². The van der Waals surface area contributed by atoms with Gasteiger partial charge in [-0.3, -0.25) is 0 Å². The molecule has 0 aliphatic carbocycles. The van der Waals surface area contributed by atoms with Gasteiger partial charge < -0.3 is 0 Å². The molecular weight excluding hydrogens is 925 g/mol. The first-order chi connectivity index (χ1) is 37.9. The van der Waals surface area contributed by atoms with Crippen LogP contribution in [-0.2, 0) is 37.9 Å². The minimum absolute atomic E-state index is 0.0881. The smallest absolute Gasteiger partial charge is 0.0620 e. The molecule has 0 heteroatoms. The van der Waals surface area contributed by atoms with Gasteiger partial charge in [0.25, 0.3) is 0 Å². The summed E-state index contributed by atoms with van der Waals surface area (Å²) in [5.74, 6) is 0. The van der Waals surface area contributed by atoms with E-state index in [-0.39, 0.29) is 50.0 Å². The first kappa shape index (κ1) is 57.7. The summed E-state index contributed by atoms with van der Waals surface area (Å²) in [6, 6.07) is 46.2. The molecule has 0 aliphatic rings. The van der Waals surface area contributed by atoms with Crippen LogP contribution in [0.5, 0.6) is 0 Å². The maximum absolute atomic E-state index is 7.89. The van der Waals surface area contributed by atoms with Crippen LogP contribution >= 0.6 is 0 Å². The van der Waals surface area contributed by atoms with Gasteiger partial charge in [-0.05, 0) is 131 Å². The van der Waals surface area contributed by atoms with Gasteiger partial charge >= 0.3 is 0 Å². The summed E-state index contributed by atoms with van der Waals surface area (Å²) in [5, 5.41) is 0. The topological polar surface area (TPSA) is 0 Å². The minimum atomic E-state index is -0.134. The van der Waals surface area contributed by atoms with Gasteiger partial charge in [0.05, 0.1) is 9.60 Å². The summed E-state index contributed by atoms with van der Waals surface area (Å²) in [6.07, 6.45) is 0. The molecule has 0 spiro atoms. The molecule has 0 N–H and O–H groups in total. The van der Waals surface area contributed by atoms with Crippen molar-refractivity contribution in [2.45, 2.75) is 232 Å². The Kier molecular flexibility index (Phi) is 22.5. The van der Waals surface area contributed by atoms with Crippen molar-refractivity contribution in [2.24, 2.45) is 0 Å². The fraction of sp³-hybridized carbons (Fsp3) is 0.455. The van der Waals surface area contributed by atoms with E-state index in [2.05, 4.69) is 218 Å². The van der Waals surface area contributed by atoms with Crippen molar-refractivity contribution in [3.05, 3.63) is 248 Å². The van der Waals surface area contributed by atoms with E-state index in [9.17, 15) is 0 Å². The van der Waals surface area contributed by atoms with E-state index >= 15 is 0 Å². The Bertz CT molecular complexity index is 3140. The molecule has 0 saturated heterocycles. The Morgan fingerprint density at radius 2 is 0.662 bits per heavy atom. The van der Waals surface area contributed by atoms with E-state index in [1.807, 2.05) is 90.1 Å². The van der Waals surface area contributed by atoms with Gasteiger partial charge in [0, 0.05) is 0 Å². The molecule has 0 aliphatic heterocycles. The van der Waals surface area contributed by atoms with Crippen LogP contribution in [0, 0.1) is 48.5 Å². The van der Waals surface area contributed by atoms with E-state index < -0.39 is 0 Å². The molecule has 0 amide bonds. The molecule has 0 atom stereocenters. The number of rotatable bonds is 0. The molecule has 7 aromatic rings. The van der Waals surface area contributed by atoms with Crippen LogP contribution in [0.2, 0.25) is 0 Å². The summed E-state index contributed by atoms with van der Waals surface area (Å²) >= 11 is 0. The van der Waals surface area contributed by atoms with Crippen LogP contribution in [0.15, 0.2) is 170 Å². The maximum Gasteiger partial charge on any atom is 0.0629 e. The number of hydrogen-bond acceptors (Lipinski definition) is 0. The molecule has 77 heavy (non-hydrogen) atoms. The lowest BCUT2D eigenvalue weighted by Gasteiger charge is -2.21. The molecule has 0 heterocycles. The second-order valence-electron chi connectivity index (χ2n) is 28.1. The number of hydrogen-bond donors (Lipinski definition) is 0. The molecule has 0 unspecified atom stereocenters. The Balaban J connectivity index is 0.000000491. The first-order valence-electron chi connectivity index (χ1n) is 31.4. The molecule has 0 nitrogen and oxygen atoms in total. The first-order valence-corrected chi connectivity index (χ1v) is 27.9. The third-order valence-corrected chi connectivity index (χ3v) is 12.7. The second-order valence-corrected chi connectivity index (χ2v) is 28.1. The molecule has 7 aromatic carbocycles. The van der Waals surface area contributed by atoms with Gasteiger partial charge in [-0.25, -0.2) is 0 Å². The van der Waals surface area contributed by atoms with Crippen LogP contribution in [-0.4, -0.2) is 0 Å². The highest BCUT2D eigenvalue weighted by Crippen LogP contribution is 2.28. The van der Waals surface area contributed by atoms with E-state index in [1.54, 1.807) is 13.0 Å². The lowest BCUT2D eigenvalue weighted by molar-refractivity contribution is 0.586. The summed E-state index contributed by atoms with van der Waals surface area (Å²) in [6.45, 7) is 59.6. The van der Waals surface area contributed by atoms with Gasteiger partial charge in [-0.2, -0.15) is 0 Å². The fourth-order valence-corrected chi connectivity index (χ4v) is 7.42. The summed E-state index contributed by atoms with van der Waals surface area (Å²) in [4.78, 5) is 0. The lowest BCUT2D eigenvalue weighted by Crippen LogP contribution is -2.12. The molecule has 0 bridgehead atoms. The van der Waals surface area contributed by atoms with Gasteiger partial charge in [-0.15, -0.1) is 0 Å². The van der Waals surface area contributed by atoms with Crippen LogP contribution in [0.25, 0.3) is 0 Å². The molecule has 420 valence electrons. The SMILES string of the molecule is Cc1ccc(C(C)(C)C)cc1.Cc1cccc(C(C)(C)C)c1.[2H]c1cc(C(C)(C)C)c([2H])c(C)c1[2H].[2H]c1cc(C)cc(C(C)(C)C)c1.[2H]c1cc(C)ccc1C(C)(C)C.[2H]c1ccc(C(C)(C)C)cc1C.[2H]c1ccc(C)c(C(C)(C)C)c1. The summed E-state index contributed by atoms with van der Waals surface area (Å²) in [7, 11) is 0. The Labute approximate surface area is 486 Å². The molecular formula is C77H112. The maximum atomic E-state index is 7.89. The normalized spacial score (nSPS) is 12.9. The molecule has 7 rings (SSSR count). The number of benzene rings is 7. The van der Waals surface area contributed by atoms with Crippen LogP contribution in [0.4, 0.5) is 0 Å². The summed E-state index contributed by atoms with van der Waals surface area (Å²) in [5.41, 5.74) is 17.6. The van der Waals surface area contributed by atoms with E-state index in [4.69, 9.17) is 9.60 Å². The highest BCUT2D eigenvalue weighted by Gasteiger charge is 2.17. The van der Waals surface area contributed by atoms with Crippen molar-refractivity contribution in [3.8, 4) is 0 Å². The third-order valence-electron chi connectivity index (χ3n) is 12.7. The van der Waals surface area contributed by atoms with E-state index in [0.717, 1.165) is 22.3 Å². The highest BCUT2D eigenvalue weighted by atomic mass is 14.2. The average Bonchev–Trinajstić information content (AvgIpc) is 3.53. The quantitative estimate of drug-likeness (QED) is 0.142. The zero-order valence-corrected chi connectivity index (χ0v) is 54.1. The van der Waals surface area contributed by atoms with Gasteiger partial charge in [-0.1, -0.05) is 348 Å². The molecule has 0 fully saturated rings. The van der Waals surface area contributed by atoms with Crippen molar-refractivity contribution in [2.75, 3.05) is 0 Å². The number of aryl methyl sites for hydroxylation is 6.